The first-order valence-electron chi connectivity index (χ1n) is 3.83. The summed E-state index contributed by atoms with van der Waals surface area (Å²) in [4.78, 5) is 19.8. The van der Waals surface area contributed by atoms with Crippen molar-refractivity contribution in [2.75, 3.05) is 0 Å². The molecule has 0 radical (unpaired) electrons. The molecule has 2 N–H and O–H groups in total. The Morgan fingerprint density at radius 3 is 2.50 bits per heavy atom. The SMILES string of the molecule is CC1([N+](=O)[O-])C=C([N+](=O)[O-])C=CC1N. The van der Waals surface area contributed by atoms with Gasteiger partial charge in [-0.05, 0) is 0 Å². The third-order valence-electron chi connectivity index (χ3n) is 2.19. The zero-order valence-corrected chi connectivity index (χ0v) is 7.41. The minimum atomic E-state index is -1.60. The maximum absolute atomic E-state index is 10.7. The molecule has 0 bridgehead atoms. The smallest absolute Gasteiger partial charge is 0.272 e. The molecular weight excluding hydrogens is 190 g/mol. The van der Waals surface area contributed by atoms with E-state index in [1.165, 1.54) is 19.1 Å². The number of allylic oxidation sites excluding steroid dienone is 1. The van der Waals surface area contributed by atoms with Crippen molar-refractivity contribution in [3.05, 3.63) is 44.2 Å². The van der Waals surface area contributed by atoms with Gasteiger partial charge in [0.15, 0.2) is 0 Å². The second kappa shape index (κ2) is 3.18. The molecule has 0 heterocycles. The van der Waals surface area contributed by atoms with Gasteiger partial charge in [-0.2, -0.15) is 0 Å². The van der Waals surface area contributed by atoms with Gasteiger partial charge in [-0.3, -0.25) is 20.2 Å². The lowest BCUT2D eigenvalue weighted by molar-refractivity contribution is -0.554. The third-order valence-corrected chi connectivity index (χ3v) is 2.19. The van der Waals surface area contributed by atoms with Crippen molar-refractivity contribution < 1.29 is 9.85 Å². The van der Waals surface area contributed by atoms with Crippen molar-refractivity contribution in [1.29, 1.82) is 0 Å². The van der Waals surface area contributed by atoms with E-state index in [0.717, 1.165) is 6.08 Å². The molecule has 0 saturated heterocycles. The van der Waals surface area contributed by atoms with E-state index in [9.17, 15) is 20.2 Å². The molecule has 1 rings (SSSR count). The van der Waals surface area contributed by atoms with Crippen LogP contribution < -0.4 is 5.73 Å². The van der Waals surface area contributed by atoms with Gasteiger partial charge in [0.2, 0.25) is 0 Å². The predicted molar refractivity (Wildman–Crippen MR) is 47.6 cm³/mol. The molecule has 0 aromatic carbocycles. The highest BCUT2D eigenvalue weighted by Gasteiger charge is 2.45. The van der Waals surface area contributed by atoms with Crippen LogP contribution in [-0.2, 0) is 0 Å². The number of rotatable bonds is 2. The molecule has 0 fully saturated rings. The zero-order chi connectivity index (χ0) is 10.9. The van der Waals surface area contributed by atoms with E-state index in [1.807, 2.05) is 0 Å². The van der Waals surface area contributed by atoms with Gasteiger partial charge in [0.05, 0.1) is 17.0 Å². The van der Waals surface area contributed by atoms with Crippen molar-refractivity contribution in [1.82, 2.24) is 0 Å². The lowest BCUT2D eigenvalue weighted by Gasteiger charge is -2.23. The molecule has 7 heteroatoms. The Morgan fingerprint density at radius 2 is 2.07 bits per heavy atom. The first-order valence-corrected chi connectivity index (χ1v) is 3.83. The summed E-state index contributed by atoms with van der Waals surface area (Å²) in [6.45, 7) is 1.25. The maximum atomic E-state index is 10.7. The fourth-order valence-corrected chi connectivity index (χ4v) is 1.13. The Labute approximate surface area is 79.2 Å². The first kappa shape index (κ1) is 10.3. The van der Waals surface area contributed by atoms with Crippen LogP contribution in [0.15, 0.2) is 23.9 Å². The molecule has 0 aromatic heterocycles. The number of nitrogens with zero attached hydrogens (tertiary/aromatic N) is 2. The summed E-state index contributed by atoms with van der Waals surface area (Å²) in [6.07, 6.45) is 3.41. The Balaban J connectivity index is 3.14. The number of hydrogen-bond donors (Lipinski definition) is 1. The molecule has 1 aliphatic carbocycles. The van der Waals surface area contributed by atoms with Gasteiger partial charge in [-0.1, -0.05) is 6.08 Å². The molecule has 1 aliphatic rings. The molecule has 7 nitrogen and oxygen atoms in total. The topological polar surface area (TPSA) is 112 Å². The monoisotopic (exact) mass is 199 g/mol. The molecule has 0 spiro atoms. The van der Waals surface area contributed by atoms with E-state index in [4.69, 9.17) is 5.73 Å². The Kier molecular flexibility index (Phi) is 2.35. The second-order valence-corrected chi connectivity index (χ2v) is 3.19. The lowest BCUT2D eigenvalue weighted by Crippen LogP contribution is -2.50. The summed E-state index contributed by atoms with van der Waals surface area (Å²) in [5.41, 5.74) is 3.58. The van der Waals surface area contributed by atoms with E-state index in [0.29, 0.717) is 0 Å². The second-order valence-electron chi connectivity index (χ2n) is 3.19. The van der Waals surface area contributed by atoms with Crippen LogP contribution in [0.5, 0.6) is 0 Å². The summed E-state index contributed by atoms with van der Waals surface area (Å²) in [5, 5.41) is 21.1. The van der Waals surface area contributed by atoms with E-state index >= 15 is 0 Å². The van der Waals surface area contributed by atoms with Crippen LogP contribution in [0.4, 0.5) is 0 Å². The Morgan fingerprint density at radius 1 is 1.50 bits per heavy atom. The average Bonchev–Trinajstić information content (AvgIpc) is 2.09. The fourth-order valence-electron chi connectivity index (χ4n) is 1.13. The van der Waals surface area contributed by atoms with Gasteiger partial charge in [-0.25, -0.2) is 0 Å². The maximum Gasteiger partial charge on any atom is 0.272 e. The van der Waals surface area contributed by atoms with E-state index in [1.54, 1.807) is 0 Å². The van der Waals surface area contributed by atoms with Gasteiger partial charge < -0.3 is 5.73 Å². The van der Waals surface area contributed by atoms with E-state index in [2.05, 4.69) is 0 Å². The normalized spacial score (nSPS) is 31.0. The van der Waals surface area contributed by atoms with E-state index < -0.39 is 21.4 Å². The van der Waals surface area contributed by atoms with Gasteiger partial charge >= 0.3 is 0 Å². The number of nitrogens with two attached hydrogens (primary N) is 1. The quantitative estimate of drug-likeness (QED) is 0.499. The summed E-state index contributed by atoms with van der Waals surface area (Å²) < 4.78 is 0. The van der Waals surface area contributed by atoms with Crippen molar-refractivity contribution in [2.45, 2.75) is 18.5 Å². The summed E-state index contributed by atoms with van der Waals surface area (Å²) in [7, 11) is 0. The Bertz CT molecular complexity index is 349. The zero-order valence-electron chi connectivity index (χ0n) is 7.41. The first-order chi connectivity index (χ1) is 6.38. The lowest BCUT2D eigenvalue weighted by atomic mass is 9.88. The summed E-state index contributed by atoms with van der Waals surface area (Å²) >= 11 is 0. The van der Waals surface area contributed by atoms with Crippen molar-refractivity contribution >= 4 is 0 Å². The van der Waals surface area contributed by atoms with Crippen molar-refractivity contribution in [3.8, 4) is 0 Å². The van der Waals surface area contributed by atoms with Gasteiger partial charge in [0.1, 0.15) is 0 Å². The van der Waals surface area contributed by atoms with Crippen LogP contribution in [0.3, 0.4) is 0 Å². The minimum absolute atomic E-state index is 0.300. The number of nitro groups is 2. The predicted octanol–water partition coefficient (Wildman–Crippen LogP) is 0.0795. The highest BCUT2D eigenvalue weighted by atomic mass is 16.6. The third kappa shape index (κ3) is 1.49. The molecule has 0 aromatic rings. The molecule has 76 valence electrons. The molecular formula is C7H9N3O4. The van der Waals surface area contributed by atoms with Crippen LogP contribution in [0, 0.1) is 20.2 Å². The molecule has 0 aliphatic heterocycles. The summed E-state index contributed by atoms with van der Waals surface area (Å²) in [5.74, 6) is 0. The van der Waals surface area contributed by atoms with Crippen LogP contribution >= 0.6 is 0 Å². The van der Waals surface area contributed by atoms with Gasteiger partial charge in [-0.15, -0.1) is 0 Å². The highest BCUT2D eigenvalue weighted by molar-refractivity contribution is 5.27. The van der Waals surface area contributed by atoms with Crippen LogP contribution in [0.2, 0.25) is 0 Å². The molecule has 0 saturated carbocycles. The largest absolute Gasteiger partial charge is 0.318 e. The summed E-state index contributed by atoms with van der Waals surface area (Å²) in [6, 6.07) is -0.846. The van der Waals surface area contributed by atoms with E-state index in [-0.39, 0.29) is 5.70 Å². The van der Waals surface area contributed by atoms with Crippen LogP contribution in [-0.4, -0.2) is 21.4 Å². The molecule has 14 heavy (non-hydrogen) atoms. The van der Waals surface area contributed by atoms with Gasteiger partial charge in [0, 0.05) is 17.9 Å². The average molecular weight is 199 g/mol. The molecule has 2 atom stereocenters. The van der Waals surface area contributed by atoms with Crippen LogP contribution in [0.1, 0.15) is 6.92 Å². The van der Waals surface area contributed by atoms with Crippen LogP contribution in [0.25, 0.3) is 0 Å². The molecule has 0 amide bonds. The standard InChI is InChI=1S/C7H9N3O4/c1-7(10(13)14)4-5(9(11)12)2-3-6(7)8/h2-4,6H,8H2,1H3. The highest BCUT2D eigenvalue weighted by Crippen LogP contribution is 2.23. The van der Waals surface area contributed by atoms with Crippen molar-refractivity contribution in [2.24, 2.45) is 5.73 Å². The molecule has 2 unspecified atom stereocenters. The Hall–Kier alpha value is -1.76. The van der Waals surface area contributed by atoms with Gasteiger partial charge in [0.25, 0.3) is 11.2 Å². The number of hydrogen-bond acceptors (Lipinski definition) is 5. The van der Waals surface area contributed by atoms with Crippen molar-refractivity contribution in [3.63, 3.8) is 0 Å². The minimum Gasteiger partial charge on any atom is -0.318 e. The fraction of sp³-hybridized carbons (Fsp3) is 0.429.